The number of nitro groups is 1. The Morgan fingerprint density at radius 1 is 1.65 bits per heavy atom. The van der Waals surface area contributed by atoms with E-state index < -0.39 is 4.92 Å². The van der Waals surface area contributed by atoms with Crippen molar-refractivity contribution in [1.29, 1.82) is 0 Å². The Kier molecular flexibility index (Phi) is 4.39. The standard InChI is InChI=1S/C11H11BrN2O3/c1-3-7(2)13-11(15)9-6-8(14(16)17)4-5-10(9)12/h3-7H,1H2,2H3,(H,13,15). The van der Waals surface area contributed by atoms with Crippen LogP contribution in [0.5, 0.6) is 0 Å². The van der Waals surface area contributed by atoms with E-state index in [0.717, 1.165) is 0 Å². The number of non-ortho nitro benzene ring substituents is 1. The second-order valence-electron chi connectivity index (χ2n) is 3.42. The summed E-state index contributed by atoms with van der Waals surface area (Å²) >= 11 is 3.18. The summed E-state index contributed by atoms with van der Waals surface area (Å²) in [4.78, 5) is 21.9. The molecule has 0 aliphatic carbocycles. The summed E-state index contributed by atoms with van der Waals surface area (Å²) in [7, 11) is 0. The number of nitro benzene ring substituents is 1. The van der Waals surface area contributed by atoms with Crippen molar-refractivity contribution in [3.63, 3.8) is 0 Å². The van der Waals surface area contributed by atoms with Crippen LogP contribution in [-0.2, 0) is 0 Å². The van der Waals surface area contributed by atoms with Crippen molar-refractivity contribution in [2.24, 2.45) is 0 Å². The number of carbonyl (C=O) groups is 1. The van der Waals surface area contributed by atoms with E-state index in [1.54, 1.807) is 13.0 Å². The molecule has 90 valence electrons. The van der Waals surface area contributed by atoms with E-state index in [1.165, 1.54) is 18.2 Å². The highest BCUT2D eigenvalue weighted by Crippen LogP contribution is 2.22. The van der Waals surface area contributed by atoms with Crippen molar-refractivity contribution in [2.75, 3.05) is 0 Å². The lowest BCUT2D eigenvalue weighted by Crippen LogP contribution is -2.31. The molecule has 1 aromatic carbocycles. The second kappa shape index (κ2) is 5.58. The van der Waals surface area contributed by atoms with Crippen LogP contribution in [-0.4, -0.2) is 16.9 Å². The number of nitrogens with zero attached hydrogens (tertiary/aromatic N) is 1. The smallest absolute Gasteiger partial charge is 0.270 e. The van der Waals surface area contributed by atoms with Crippen molar-refractivity contribution in [3.05, 3.63) is 51.0 Å². The van der Waals surface area contributed by atoms with Crippen molar-refractivity contribution in [3.8, 4) is 0 Å². The first-order valence-electron chi connectivity index (χ1n) is 4.83. The summed E-state index contributed by atoms with van der Waals surface area (Å²) in [5, 5.41) is 13.3. The molecular formula is C11H11BrN2O3. The fourth-order valence-electron chi connectivity index (χ4n) is 1.14. The molecule has 1 N–H and O–H groups in total. The molecule has 1 amide bonds. The maximum atomic E-state index is 11.8. The SMILES string of the molecule is C=CC(C)NC(=O)c1cc([N+](=O)[O-])ccc1Br. The molecule has 1 atom stereocenters. The number of carbonyl (C=O) groups excluding carboxylic acids is 1. The van der Waals surface area contributed by atoms with Gasteiger partial charge in [0.05, 0.1) is 10.5 Å². The zero-order chi connectivity index (χ0) is 13.0. The van der Waals surface area contributed by atoms with E-state index in [4.69, 9.17) is 0 Å². The molecule has 0 saturated heterocycles. The van der Waals surface area contributed by atoms with Crippen LogP contribution >= 0.6 is 15.9 Å². The van der Waals surface area contributed by atoms with Gasteiger partial charge in [-0.25, -0.2) is 0 Å². The Morgan fingerprint density at radius 3 is 2.82 bits per heavy atom. The molecule has 5 nitrogen and oxygen atoms in total. The third kappa shape index (κ3) is 3.39. The number of hydrogen-bond donors (Lipinski definition) is 1. The number of nitrogens with one attached hydrogen (secondary N) is 1. The minimum absolute atomic E-state index is 0.121. The Morgan fingerprint density at radius 2 is 2.29 bits per heavy atom. The summed E-state index contributed by atoms with van der Waals surface area (Å²) in [5.41, 5.74) is 0.109. The number of hydrogen-bond acceptors (Lipinski definition) is 3. The lowest BCUT2D eigenvalue weighted by molar-refractivity contribution is -0.384. The van der Waals surface area contributed by atoms with Crippen LogP contribution in [0.1, 0.15) is 17.3 Å². The Bertz CT molecular complexity index is 474. The number of rotatable bonds is 4. The van der Waals surface area contributed by atoms with E-state index in [0.29, 0.717) is 4.47 Å². The van der Waals surface area contributed by atoms with Crippen LogP contribution in [0.2, 0.25) is 0 Å². The van der Waals surface area contributed by atoms with Gasteiger partial charge in [0.1, 0.15) is 0 Å². The van der Waals surface area contributed by atoms with Gasteiger partial charge in [-0.2, -0.15) is 0 Å². The molecule has 6 heteroatoms. The lowest BCUT2D eigenvalue weighted by Gasteiger charge is -2.10. The number of benzene rings is 1. The molecule has 1 aromatic rings. The van der Waals surface area contributed by atoms with Crippen LogP contribution in [0.15, 0.2) is 35.3 Å². The summed E-state index contributed by atoms with van der Waals surface area (Å²) in [5.74, 6) is -0.382. The fraction of sp³-hybridized carbons (Fsp3) is 0.182. The van der Waals surface area contributed by atoms with Gasteiger partial charge in [0.2, 0.25) is 0 Å². The van der Waals surface area contributed by atoms with Crippen LogP contribution in [0.4, 0.5) is 5.69 Å². The van der Waals surface area contributed by atoms with Gasteiger partial charge in [-0.3, -0.25) is 14.9 Å². The Labute approximate surface area is 107 Å². The van der Waals surface area contributed by atoms with Gasteiger partial charge in [0.15, 0.2) is 0 Å². The van der Waals surface area contributed by atoms with Gasteiger partial charge in [-0.1, -0.05) is 6.08 Å². The molecule has 0 heterocycles. The lowest BCUT2D eigenvalue weighted by atomic mass is 10.2. The molecular weight excluding hydrogens is 288 g/mol. The molecule has 0 saturated carbocycles. The van der Waals surface area contributed by atoms with Crippen molar-refractivity contribution in [2.45, 2.75) is 13.0 Å². The zero-order valence-electron chi connectivity index (χ0n) is 9.14. The van der Waals surface area contributed by atoms with E-state index in [-0.39, 0.29) is 23.2 Å². The summed E-state index contributed by atoms with van der Waals surface area (Å²) in [6.45, 7) is 5.30. The third-order valence-electron chi connectivity index (χ3n) is 2.12. The number of amides is 1. The first-order valence-corrected chi connectivity index (χ1v) is 5.62. The van der Waals surface area contributed by atoms with Crippen LogP contribution in [0.3, 0.4) is 0 Å². The second-order valence-corrected chi connectivity index (χ2v) is 4.27. The van der Waals surface area contributed by atoms with E-state index in [1.807, 2.05) is 0 Å². The van der Waals surface area contributed by atoms with E-state index in [2.05, 4.69) is 27.8 Å². The average Bonchev–Trinajstić information content (AvgIpc) is 2.28. The average molecular weight is 299 g/mol. The van der Waals surface area contributed by atoms with Gasteiger partial charge in [0.25, 0.3) is 11.6 Å². The summed E-state index contributed by atoms with van der Waals surface area (Å²) < 4.78 is 0.511. The summed E-state index contributed by atoms with van der Waals surface area (Å²) in [6.07, 6.45) is 1.57. The first-order chi connectivity index (χ1) is 7.95. The van der Waals surface area contributed by atoms with Gasteiger partial charge < -0.3 is 5.32 Å². The van der Waals surface area contributed by atoms with Crippen LogP contribution in [0, 0.1) is 10.1 Å². The van der Waals surface area contributed by atoms with Crippen molar-refractivity contribution in [1.82, 2.24) is 5.32 Å². The molecule has 17 heavy (non-hydrogen) atoms. The fourth-order valence-corrected chi connectivity index (χ4v) is 1.57. The van der Waals surface area contributed by atoms with Gasteiger partial charge in [0, 0.05) is 22.6 Å². The molecule has 0 bridgehead atoms. The van der Waals surface area contributed by atoms with Crippen molar-refractivity contribution < 1.29 is 9.72 Å². The monoisotopic (exact) mass is 298 g/mol. The zero-order valence-corrected chi connectivity index (χ0v) is 10.7. The molecule has 0 fully saturated rings. The van der Waals surface area contributed by atoms with E-state index in [9.17, 15) is 14.9 Å². The maximum Gasteiger partial charge on any atom is 0.270 e. The molecule has 0 aliphatic rings. The largest absolute Gasteiger partial charge is 0.346 e. The molecule has 0 aliphatic heterocycles. The van der Waals surface area contributed by atoms with Crippen LogP contribution in [0.25, 0.3) is 0 Å². The number of halogens is 1. The minimum atomic E-state index is -0.542. The first kappa shape index (κ1) is 13.4. The molecule has 0 aromatic heterocycles. The minimum Gasteiger partial charge on any atom is -0.346 e. The molecule has 0 spiro atoms. The maximum absolute atomic E-state index is 11.8. The Hall–Kier alpha value is -1.69. The predicted octanol–water partition coefficient (Wildman–Crippen LogP) is 2.66. The van der Waals surface area contributed by atoms with Gasteiger partial charge in [-0.15, -0.1) is 6.58 Å². The van der Waals surface area contributed by atoms with Gasteiger partial charge in [-0.05, 0) is 28.9 Å². The van der Waals surface area contributed by atoms with Crippen molar-refractivity contribution >= 4 is 27.5 Å². The highest BCUT2D eigenvalue weighted by atomic mass is 79.9. The summed E-state index contributed by atoms with van der Waals surface area (Å²) in [6, 6.07) is 3.84. The molecule has 1 rings (SSSR count). The van der Waals surface area contributed by atoms with Crippen LogP contribution < -0.4 is 5.32 Å². The quantitative estimate of drug-likeness (QED) is 0.528. The normalized spacial score (nSPS) is 11.6. The third-order valence-corrected chi connectivity index (χ3v) is 2.81. The molecule has 0 radical (unpaired) electrons. The topological polar surface area (TPSA) is 72.2 Å². The Balaban J connectivity index is 3.03. The highest BCUT2D eigenvalue weighted by Gasteiger charge is 2.16. The van der Waals surface area contributed by atoms with Gasteiger partial charge >= 0.3 is 0 Å². The molecule has 1 unspecified atom stereocenters. The predicted molar refractivity (Wildman–Crippen MR) is 67.9 cm³/mol. The highest BCUT2D eigenvalue weighted by molar-refractivity contribution is 9.10. The van der Waals surface area contributed by atoms with E-state index >= 15 is 0 Å².